The lowest BCUT2D eigenvalue weighted by atomic mass is 10.0. The number of aliphatic hydroxyl groups excluding tert-OH is 1. The zero-order valence-electron chi connectivity index (χ0n) is 9.80. The van der Waals surface area contributed by atoms with E-state index in [1.807, 2.05) is 13.8 Å². The number of aliphatic hydroxyl groups is 1. The highest BCUT2D eigenvalue weighted by molar-refractivity contribution is 9.10. The van der Waals surface area contributed by atoms with Crippen LogP contribution in [-0.4, -0.2) is 5.11 Å². The molecule has 1 aromatic carbocycles. The minimum atomic E-state index is -1.28. The number of hydrogen-bond donors (Lipinski definition) is 1. The van der Waals surface area contributed by atoms with Crippen molar-refractivity contribution in [1.29, 1.82) is 0 Å². The van der Waals surface area contributed by atoms with E-state index in [2.05, 4.69) is 15.9 Å². The first-order chi connectivity index (χ1) is 8.41. The van der Waals surface area contributed by atoms with Crippen LogP contribution in [0.4, 0.5) is 8.78 Å². The Kier molecular flexibility index (Phi) is 3.84. The third-order valence-corrected chi connectivity index (χ3v) is 4.32. The number of hydrogen-bond acceptors (Lipinski definition) is 2. The van der Waals surface area contributed by atoms with Crippen molar-refractivity contribution in [3.8, 4) is 0 Å². The van der Waals surface area contributed by atoms with Crippen LogP contribution in [0.1, 0.15) is 27.0 Å². The molecule has 0 aliphatic rings. The first kappa shape index (κ1) is 13.6. The van der Waals surface area contributed by atoms with Crippen molar-refractivity contribution in [2.24, 2.45) is 0 Å². The molecule has 1 heterocycles. The molecule has 0 aliphatic heterocycles. The summed E-state index contributed by atoms with van der Waals surface area (Å²) in [6.45, 7) is 3.71. The van der Waals surface area contributed by atoms with Gasteiger partial charge in [-0.2, -0.15) is 0 Å². The molecule has 18 heavy (non-hydrogen) atoms. The third-order valence-electron chi connectivity index (χ3n) is 2.73. The summed E-state index contributed by atoms with van der Waals surface area (Å²) in [5.41, 5.74) is 0.235. The first-order valence-corrected chi connectivity index (χ1v) is 6.91. The number of halogens is 3. The predicted octanol–water partition coefficient (Wildman–Crippen LogP) is 4.49. The van der Waals surface area contributed by atoms with Gasteiger partial charge in [0.05, 0.1) is 10.0 Å². The van der Waals surface area contributed by atoms with E-state index in [0.29, 0.717) is 5.56 Å². The molecule has 1 nitrogen and oxygen atoms in total. The van der Waals surface area contributed by atoms with Crippen LogP contribution in [-0.2, 0) is 0 Å². The van der Waals surface area contributed by atoms with Gasteiger partial charge in [-0.25, -0.2) is 8.78 Å². The Labute approximate surface area is 116 Å². The second-order valence-electron chi connectivity index (χ2n) is 4.03. The second-order valence-corrected chi connectivity index (χ2v) is 6.34. The molecule has 1 atom stereocenters. The molecular weight excluding hydrogens is 322 g/mol. The lowest BCUT2D eigenvalue weighted by Crippen LogP contribution is -2.06. The van der Waals surface area contributed by atoms with Gasteiger partial charge in [-0.05, 0) is 53.5 Å². The fourth-order valence-electron chi connectivity index (χ4n) is 1.87. The summed E-state index contributed by atoms with van der Waals surface area (Å²) in [4.78, 5) is 1.86. The molecule has 0 saturated carbocycles. The highest BCUT2D eigenvalue weighted by Crippen LogP contribution is 2.34. The van der Waals surface area contributed by atoms with Gasteiger partial charge in [0.25, 0.3) is 0 Å². The van der Waals surface area contributed by atoms with Gasteiger partial charge in [0.15, 0.2) is 0 Å². The Balaban J connectivity index is 2.56. The van der Waals surface area contributed by atoms with Gasteiger partial charge in [-0.15, -0.1) is 11.3 Å². The van der Waals surface area contributed by atoms with E-state index in [4.69, 9.17) is 0 Å². The first-order valence-electron chi connectivity index (χ1n) is 5.30. The van der Waals surface area contributed by atoms with E-state index in [1.54, 1.807) is 6.07 Å². The topological polar surface area (TPSA) is 20.2 Å². The largest absolute Gasteiger partial charge is 0.383 e. The summed E-state index contributed by atoms with van der Waals surface area (Å²) in [6.07, 6.45) is -1.28. The minimum Gasteiger partial charge on any atom is -0.383 e. The average Bonchev–Trinajstić information content (AvgIpc) is 2.63. The van der Waals surface area contributed by atoms with Gasteiger partial charge in [-0.3, -0.25) is 0 Å². The van der Waals surface area contributed by atoms with E-state index in [0.717, 1.165) is 15.8 Å². The van der Waals surface area contributed by atoms with Crippen LogP contribution in [0.15, 0.2) is 22.7 Å². The summed E-state index contributed by atoms with van der Waals surface area (Å²) >= 11 is 4.49. The molecule has 1 N–H and O–H groups in total. The highest BCUT2D eigenvalue weighted by atomic mass is 79.9. The molecular formula is C13H11BrF2OS. The SMILES string of the molecule is Cc1cc(C(O)c2c(F)ccc(Br)c2F)c(C)s1. The van der Waals surface area contributed by atoms with Crippen LogP contribution in [0.5, 0.6) is 0 Å². The minimum absolute atomic E-state index is 0.141. The molecule has 0 aliphatic carbocycles. The quantitative estimate of drug-likeness (QED) is 0.803. The van der Waals surface area contributed by atoms with Crippen molar-refractivity contribution >= 4 is 27.3 Å². The molecule has 0 bridgehead atoms. The standard InChI is InChI=1S/C13H11BrF2OS/c1-6-5-8(7(2)18-6)13(17)11-10(15)4-3-9(14)12(11)16/h3-5,13,17H,1-2H3. The van der Waals surface area contributed by atoms with Crippen LogP contribution < -0.4 is 0 Å². The van der Waals surface area contributed by atoms with Crippen LogP contribution >= 0.6 is 27.3 Å². The number of aryl methyl sites for hydroxylation is 2. The molecule has 2 rings (SSSR count). The normalized spacial score (nSPS) is 12.8. The van der Waals surface area contributed by atoms with Gasteiger partial charge >= 0.3 is 0 Å². The number of benzene rings is 1. The van der Waals surface area contributed by atoms with Crippen molar-refractivity contribution in [3.05, 3.63) is 55.2 Å². The van der Waals surface area contributed by atoms with E-state index in [-0.39, 0.29) is 10.0 Å². The molecule has 96 valence electrons. The summed E-state index contributed by atoms with van der Waals surface area (Å²) in [5.74, 6) is -1.50. The molecule has 2 aromatic rings. The van der Waals surface area contributed by atoms with Crippen LogP contribution in [0, 0.1) is 25.5 Å². The smallest absolute Gasteiger partial charge is 0.146 e. The Morgan fingerprint density at radius 2 is 1.94 bits per heavy atom. The van der Waals surface area contributed by atoms with Gasteiger partial charge in [0, 0.05) is 9.75 Å². The fraction of sp³-hybridized carbons (Fsp3) is 0.231. The molecule has 0 spiro atoms. The Hall–Kier alpha value is -0.780. The lowest BCUT2D eigenvalue weighted by molar-refractivity contribution is 0.208. The van der Waals surface area contributed by atoms with Gasteiger partial charge in [0.2, 0.25) is 0 Å². The predicted molar refractivity (Wildman–Crippen MR) is 71.9 cm³/mol. The molecule has 1 unspecified atom stereocenters. The molecule has 5 heteroatoms. The maximum atomic E-state index is 13.9. The van der Waals surface area contributed by atoms with E-state index < -0.39 is 17.7 Å². The van der Waals surface area contributed by atoms with Crippen molar-refractivity contribution in [2.75, 3.05) is 0 Å². The third kappa shape index (κ3) is 2.35. The van der Waals surface area contributed by atoms with Crippen LogP contribution in [0.2, 0.25) is 0 Å². The van der Waals surface area contributed by atoms with E-state index in [1.165, 1.54) is 17.4 Å². The Morgan fingerprint density at radius 3 is 2.50 bits per heavy atom. The lowest BCUT2D eigenvalue weighted by Gasteiger charge is -2.13. The van der Waals surface area contributed by atoms with Gasteiger partial charge in [-0.1, -0.05) is 0 Å². The molecule has 0 saturated heterocycles. The molecule has 0 radical (unpaired) electrons. The monoisotopic (exact) mass is 332 g/mol. The molecule has 0 amide bonds. The van der Waals surface area contributed by atoms with Gasteiger partial charge < -0.3 is 5.11 Å². The van der Waals surface area contributed by atoms with Crippen molar-refractivity contribution in [3.63, 3.8) is 0 Å². The van der Waals surface area contributed by atoms with E-state index >= 15 is 0 Å². The Morgan fingerprint density at radius 1 is 1.28 bits per heavy atom. The van der Waals surface area contributed by atoms with Crippen LogP contribution in [0.3, 0.4) is 0 Å². The molecule has 1 aromatic heterocycles. The summed E-state index contributed by atoms with van der Waals surface area (Å²) in [5, 5.41) is 10.2. The van der Waals surface area contributed by atoms with Gasteiger partial charge in [0.1, 0.15) is 17.7 Å². The van der Waals surface area contributed by atoms with Crippen molar-refractivity contribution in [2.45, 2.75) is 20.0 Å². The average molecular weight is 333 g/mol. The fourth-order valence-corrected chi connectivity index (χ4v) is 3.17. The summed E-state index contributed by atoms with van der Waals surface area (Å²) in [7, 11) is 0. The maximum absolute atomic E-state index is 13.9. The number of thiophene rings is 1. The Bertz CT molecular complexity index is 595. The maximum Gasteiger partial charge on any atom is 0.146 e. The summed E-state index contributed by atoms with van der Waals surface area (Å²) in [6, 6.07) is 4.18. The van der Waals surface area contributed by atoms with Crippen molar-refractivity contribution in [1.82, 2.24) is 0 Å². The van der Waals surface area contributed by atoms with Crippen molar-refractivity contribution < 1.29 is 13.9 Å². The second kappa shape index (κ2) is 5.07. The van der Waals surface area contributed by atoms with Crippen LogP contribution in [0.25, 0.3) is 0 Å². The zero-order valence-corrected chi connectivity index (χ0v) is 12.2. The van der Waals surface area contributed by atoms with E-state index in [9.17, 15) is 13.9 Å². The molecule has 0 fully saturated rings. The highest BCUT2D eigenvalue weighted by Gasteiger charge is 2.23. The number of rotatable bonds is 2. The zero-order chi connectivity index (χ0) is 13.4. The summed E-state index contributed by atoms with van der Waals surface area (Å²) < 4.78 is 27.7.